The fourth-order valence-corrected chi connectivity index (χ4v) is 1.82. The maximum atomic E-state index is 11.2. The Morgan fingerprint density at radius 3 is 2.92 bits per heavy atom. The fourth-order valence-electron chi connectivity index (χ4n) is 1.05. The summed E-state index contributed by atoms with van der Waals surface area (Å²) in [5, 5.41) is 11.4. The molecular weight excluding hydrogens is 188 g/mol. The standard InChI is InChI=1S/C8H6N2O2S/c11-7-8(10-12)13-6-4-2-1-3-5(6)9-7/h1-4,12H,(H,9,11)/b10-8-. The van der Waals surface area contributed by atoms with Gasteiger partial charge in [0.1, 0.15) is 0 Å². The van der Waals surface area contributed by atoms with Gasteiger partial charge in [0.2, 0.25) is 4.67 Å². The number of para-hydroxylation sites is 1. The highest BCUT2D eigenvalue weighted by Crippen LogP contribution is 2.09. The van der Waals surface area contributed by atoms with E-state index < -0.39 is 0 Å². The van der Waals surface area contributed by atoms with E-state index in [0.29, 0.717) is 0 Å². The predicted octanol–water partition coefficient (Wildman–Crippen LogP) is 0.879. The maximum absolute atomic E-state index is 11.2. The molecule has 2 aromatic rings. The third-order valence-electron chi connectivity index (χ3n) is 1.63. The Bertz CT molecular complexity index is 556. The second-order valence-corrected chi connectivity index (χ2v) is 3.49. The minimum atomic E-state index is -0.369. The Kier molecular flexibility index (Phi) is 1.86. The van der Waals surface area contributed by atoms with Gasteiger partial charge in [-0.2, -0.15) is 0 Å². The summed E-state index contributed by atoms with van der Waals surface area (Å²) < 4.78 is 0.952. The SMILES string of the molecule is O=c1[nH]c2ccccc2s/c1=N\O. The highest BCUT2D eigenvalue weighted by atomic mass is 32.1. The van der Waals surface area contributed by atoms with Crippen molar-refractivity contribution in [3.8, 4) is 0 Å². The van der Waals surface area contributed by atoms with E-state index in [9.17, 15) is 4.79 Å². The van der Waals surface area contributed by atoms with Crippen LogP contribution in [0.15, 0.2) is 34.2 Å². The van der Waals surface area contributed by atoms with E-state index in [4.69, 9.17) is 5.21 Å². The number of nitrogens with one attached hydrogen (secondary N) is 1. The molecule has 1 heterocycles. The first-order valence-electron chi connectivity index (χ1n) is 3.61. The first kappa shape index (κ1) is 8.00. The van der Waals surface area contributed by atoms with Crippen LogP contribution in [0.4, 0.5) is 0 Å². The number of rotatable bonds is 0. The van der Waals surface area contributed by atoms with E-state index >= 15 is 0 Å². The van der Waals surface area contributed by atoms with Crippen molar-refractivity contribution in [2.24, 2.45) is 5.16 Å². The van der Waals surface area contributed by atoms with Crippen LogP contribution in [0.3, 0.4) is 0 Å². The molecule has 0 amide bonds. The van der Waals surface area contributed by atoms with E-state index in [1.165, 1.54) is 0 Å². The lowest BCUT2D eigenvalue weighted by Gasteiger charge is -1.93. The van der Waals surface area contributed by atoms with Gasteiger partial charge in [-0.3, -0.25) is 4.79 Å². The molecule has 1 aromatic carbocycles. The predicted molar refractivity (Wildman–Crippen MR) is 49.8 cm³/mol. The van der Waals surface area contributed by atoms with Crippen molar-refractivity contribution in [1.29, 1.82) is 0 Å². The molecule has 2 rings (SSSR count). The molecule has 0 saturated carbocycles. The molecule has 0 fully saturated rings. The average Bonchev–Trinajstić information content (AvgIpc) is 2.17. The number of hydrogen-bond donors (Lipinski definition) is 2. The lowest BCUT2D eigenvalue weighted by Crippen LogP contribution is -2.24. The van der Waals surface area contributed by atoms with Crippen LogP contribution in [0.2, 0.25) is 0 Å². The van der Waals surface area contributed by atoms with Gasteiger partial charge in [0.25, 0.3) is 5.56 Å². The summed E-state index contributed by atoms with van der Waals surface area (Å²) in [4.78, 5) is 13.8. The van der Waals surface area contributed by atoms with Crippen molar-refractivity contribution in [2.45, 2.75) is 0 Å². The fraction of sp³-hybridized carbons (Fsp3) is 0. The van der Waals surface area contributed by atoms with Crippen LogP contribution in [0.25, 0.3) is 10.2 Å². The Morgan fingerprint density at radius 2 is 2.15 bits per heavy atom. The number of H-pyrrole nitrogens is 1. The van der Waals surface area contributed by atoms with Gasteiger partial charge >= 0.3 is 0 Å². The normalized spacial score (nSPS) is 12.2. The molecule has 0 atom stereocenters. The number of aromatic nitrogens is 1. The molecule has 1 aromatic heterocycles. The van der Waals surface area contributed by atoms with E-state index in [2.05, 4.69) is 10.1 Å². The summed E-state index contributed by atoms with van der Waals surface area (Å²) in [7, 11) is 0. The zero-order valence-corrected chi connectivity index (χ0v) is 7.34. The largest absolute Gasteiger partial charge is 0.410 e. The van der Waals surface area contributed by atoms with Crippen LogP contribution in [0.1, 0.15) is 0 Å². The Hall–Kier alpha value is -1.62. The summed E-state index contributed by atoms with van der Waals surface area (Å²) in [5.41, 5.74) is 0.385. The molecule has 4 nitrogen and oxygen atoms in total. The van der Waals surface area contributed by atoms with Gasteiger partial charge in [0.05, 0.1) is 10.2 Å². The molecule has 0 bridgehead atoms. The lowest BCUT2D eigenvalue weighted by atomic mass is 10.3. The van der Waals surface area contributed by atoms with Gasteiger partial charge < -0.3 is 10.2 Å². The summed E-state index contributed by atoms with van der Waals surface area (Å²) in [5.74, 6) is 0. The zero-order chi connectivity index (χ0) is 9.26. The summed E-state index contributed by atoms with van der Waals surface area (Å²) in [6.45, 7) is 0. The van der Waals surface area contributed by atoms with Gasteiger partial charge in [0, 0.05) is 0 Å². The number of fused-ring (bicyclic) bond motifs is 1. The first-order chi connectivity index (χ1) is 6.31. The van der Waals surface area contributed by atoms with Gasteiger partial charge in [-0.1, -0.05) is 17.3 Å². The van der Waals surface area contributed by atoms with E-state index in [-0.39, 0.29) is 10.2 Å². The average molecular weight is 194 g/mol. The van der Waals surface area contributed by atoms with Crippen molar-refractivity contribution in [1.82, 2.24) is 4.98 Å². The smallest absolute Gasteiger partial charge is 0.288 e. The van der Waals surface area contributed by atoms with Crippen LogP contribution in [0, 0.1) is 0 Å². The molecule has 0 unspecified atom stereocenters. The third-order valence-corrected chi connectivity index (χ3v) is 2.66. The quantitative estimate of drug-likeness (QED) is 0.483. The number of aromatic amines is 1. The molecule has 66 valence electrons. The van der Waals surface area contributed by atoms with E-state index in [0.717, 1.165) is 21.6 Å². The monoisotopic (exact) mass is 194 g/mol. The maximum Gasteiger partial charge on any atom is 0.288 e. The number of hydrogen-bond acceptors (Lipinski definition) is 4. The van der Waals surface area contributed by atoms with Crippen LogP contribution >= 0.6 is 11.3 Å². The molecule has 0 aliphatic rings. The van der Waals surface area contributed by atoms with Gasteiger partial charge in [0.15, 0.2) is 0 Å². The van der Waals surface area contributed by atoms with Gasteiger partial charge in [-0.05, 0) is 12.1 Å². The Balaban J connectivity index is 2.98. The Labute approximate surface area is 76.8 Å². The molecule has 5 heteroatoms. The number of nitrogens with zero attached hydrogens (tertiary/aromatic N) is 1. The summed E-state index contributed by atoms with van der Waals surface area (Å²) in [6.07, 6.45) is 0. The second-order valence-electron chi connectivity index (χ2n) is 2.46. The lowest BCUT2D eigenvalue weighted by molar-refractivity contribution is 0.303. The summed E-state index contributed by atoms with van der Waals surface area (Å²) >= 11 is 1.15. The van der Waals surface area contributed by atoms with Crippen LogP contribution in [-0.4, -0.2) is 10.2 Å². The molecule has 0 aliphatic carbocycles. The van der Waals surface area contributed by atoms with Gasteiger partial charge in [-0.25, -0.2) is 0 Å². The molecule has 2 N–H and O–H groups in total. The third kappa shape index (κ3) is 1.33. The molecule has 13 heavy (non-hydrogen) atoms. The molecule has 0 aliphatic heterocycles. The zero-order valence-electron chi connectivity index (χ0n) is 6.52. The second kappa shape index (κ2) is 3.02. The summed E-state index contributed by atoms with van der Waals surface area (Å²) in [6, 6.07) is 7.35. The minimum Gasteiger partial charge on any atom is -0.410 e. The molecule has 0 saturated heterocycles. The van der Waals surface area contributed by atoms with Crippen molar-refractivity contribution in [3.05, 3.63) is 39.3 Å². The van der Waals surface area contributed by atoms with Crippen molar-refractivity contribution >= 4 is 21.6 Å². The Morgan fingerprint density at radius 1 is 1.38 bits per heavy atom. The minimum absolute atomic E-state index is 0.0682. The first-order valence-corrected chi connectivity index (χ1v) is 4.43. The van der Waals surface area contributed by atoms with Crippen LogP contribution < -0.4 is 10.2 Å². The highest BCUT2D eigenvalue weighted by Gasteiger charge is 1.96. The van der Waals surface area contributed by atoms with Crippen molar-refractivity contribution in [3.63, 3.8) is 0 Å². The topological polar surface area (TPSA) is 65.5 Å². The van der Waals surface area contributed by atoms with Crippen molar-refractivity contribution < 1.29 is 5.21 Å². The van der Waals surface area contributed by atoms with E-state index in [1.54, 1.807) is 6.07 Å². The van der Waals surface area contributed by atoms with Crippen LogP contribution in [0.5, 0.6) is 0 Å². The molecule has 0 radical (unpaired) electrons. The highest BCUT2D eigenvalue weighted by molar-refractivity contribution is 7.16. The molecule has 0 spiro atoms. The van der Waals surface area contributed by atoms with E-state index in [1.807, 2.05) is 18.2 Å². The van der Waals surface area contributed by atoms with Crippen LogP contribution in [-0.2, 0) is 0 Å². The molecular formula is C8H6N2O2S. The van der Waals surface area contributed by atoms with Gasteiger partial charge in [-0.15, -0.1) is 11.3 Å². The number of benzene rings is 1. The van der Waals surface area contributed by atoms with Crippen molar-refractivity contribution in [2.75, 3.05) is 0 Å².